The molecule has 1 atom stereocenters. The Bertz CT molecular complexity index is 1360. The largest absolute Gasteiger partial charge is 0.484 e. The van der Waals surface area contributed by atoms with E-state index in [9.17, 15) is 14.4 Å². The van der Waals surface area contributed by atoms with E-state index in [1.165, 1.54) is 4.90 Å². The van der Waals surface area contributed by atoms with E-state index in [4.69, 9.17) is 14.2 Å². The van der Waals surface area contributed by atoms with Crippen LogP contribution in [0.2, 0.25) is 0 Å². The van der Waals surface area contributed by atoms with Crippen LogP contribution in [-0.2, 0) is 9.53 Å². The SMILES string of the molecule is Cc1ccc(OCC(=O)Nc2cccc(Oc3ccc4c(c3)C(=O)N(CC3CCCO3)C4=O)c2)cc1C. The zero-order valence-corrected chi connectivity index (χ0v) is 20.8. The predicted octanol–water partition coefficient (Wildman–Crippen LogP) is 4.89. The summed E-state index contributed by atoms with van der Waals surface area (Å²) in [6, 6.07) is 17.4. The van der Waals surface area contributed by atoms with Crippen LogP contribution in [0.4, 0.5) is 5.69 Å². The van der Waals surface area contributed by atoms with Crippen molar-refractivity contribution in [2.45, 2.75) is 32.8 Å². The van der Waals surface area contributed by atoms with E-state index in [1.807, 2.05) is 32.0 Å². The number of nitrogens with zero attached hydrogens (tertiary/aromatic N) is 1. The number of hydrogen-bond donors (Lipinski definition) is 1. The van der Waals surface area contributed by atoms with Crippen LogP contribution in [0.25, 0.3) is 0 Å². The average molecular weight is 501 g/mol. The monoisotopic (exact) mass is 500 g/mol. The van der Waals surface area contributed by atoms with Gasteiger partial charge in [-0.25, -0.2) is 0 Å². The summed E-state index contributed by atoms with van der Waals surface area (Å²) in [7, 11) is 0. The molecule has 3 amide bonds. The summed E-state index contributed by atoms with van der Waals surface area (Å²) in [6.45, 7) is 4.80. The fraction of sp³-hybridized carbons (Fsp3) is 0.276. The number of rotatable bonds is 8. The third kappa shape index (κ3) is 5.49. The highest BCUT2D eigenvalue weighted by Gasteiger charge is 2.37. The molecule has 5 rings (SSSR count). The van der Waals surface area contributed by atoms with E-state index in [1.54, 1.807) is 42.5 Å². The van der Waals surface area contributed by atoms with Crippen molar-refractivity contribution in [3.63, 3.8) is 0 Å². The third-order valence-electron chi connectivity index (χ3n) is 6.55. The van der Waals surface area contributed by atoms with Gasteiger partial charge in [0.25, 0.3) is 17.7 Å². The molecule has 2 heterocycles. The maximum atomic E-state index is 12.9. The number of amides is 3. The normalized spacial score (nSPS) is 16.6. The molecule has 3 aromatic carbocycles. The van der Waals surface area contributed by atoms with Crippen LogP contribution in [0.5, 0.6) is 17.2 Å². The summed E-state index contributed by atoms with van der Waals surface area (Å²) in [6.07, 6.45) is 1.67. The van der Waals surface area contributed by atoms with Crippen molar-refractivity contribution in [2.24, 2.45) is 0 Å². The number of nitrogens with one attached hydrogen (secondary N) is 1. The zero-order valence-electron chi connectivity index (χ0n) is 20.8. The second kappa shape index (κ2) is 10.4. The second-order valence-corrected chi connectivity index (χ2v) is 9.28. The van der Waals surface area contributed by atoms with Crippen molar-refractivity contribution in [3.8, 4) is 17.2 Å². The highest BCUT2D eigenvalue weighted by molar-refractivity contribution is 6.21. The number of aryl methyl sites for hydroxylation is 2. The molecule has 0 aliphatic carbocycles. The number of fused-ring (bicyclic) bond motifs is 1. The minimum atomic E-state index is -0.342. The molecule has 0 aromatic heterocycles. The summed E-state index contributed by atoms with van der Waals surface area (Å²) < 4.78 is 17.1. The second-order valence-electron chi connectivity index (χ2n) is 9.28. The van der Waals surface area contributed by atoms with Crippen molar-refractivity contribution < 1.29 is 28.6 Å². The highest BCUT2D eigenvalue weighted by Crippen LogP contribution is 2.31. The summed E-state index contributed by atoms with van der Waals surface area (Å²) in [5, 5.41) is 2.80. The van der Waals surface area contributed by atoms with Crippen LogP contribution in [0.3, 0.4) is 0 Å². The van der Waals surface area contributed by atoms with E-state index >= 15 is 0 Å². The number of benzene rings is 3. The molecule has 2 aliphatic rings. The van der Waals surface area contributed by atoms with Gasteiger partial charge in [0.15, 0.2) is 6.61 Å². The molecule has 1 unspecified atom stereocenters. The van der Waals surface area contributed by atoms with Crippen molar-refractivity contribution in [1.29, 1.82) is 0 Å². The number of anilines is 1. The quantitative estimate of drug-likeness (QED) is 0.443. The molecule has 3 aromatic rings. The van der Waals surface area contributed by atoms with Gasteiger partial charge in [0.1, 0.15) is 17.2 Å². The molecule has 0 bridgehead atoms. The molecule has 1 saturated heterocycles. The Morgan fingerprint density at radius 1 is 0.946 bits per heavy atom. The Labute approximate surface area is 215 Å². The topological polar surface area (TPSA) is 94.2 Å². The number of imide groups is 1. The zero-order chi connectivity index (χ0) is 25.9. The van der Waals surface area contributed by atoms with Gasteiger partial charge in [-0.3, -0.25) is 19.3 Å². The van der Waals surface area contributed by atoms with E-state index < -0.39 is 0 Å². The number of carbonyl (C=O) groups is 3. The lowest BCUT2D eigenvalue weighted by Gasteiger charge is -2.17. The van der Waals surface area contributed by atoms with Crippen molar-refractivity contribution in [2.75, 3.05) is 25.1 Å². The van der Waals surface area contributed by atoms with Crippen molar-refractivity contribution in [3.05, 3.63) is 82.9 Å². The summed E-state index contributed by atoms with van der Waals surface area (Å²) in [5.41, 5.74) is 3.47. The lowest BCUT2D eigenvalue weighted by molar-refractivity contribution is -0.118. The van der Waals surface area contributed by atoms with Crippen LogP contribution >= 0.6 is 0 Å². The fourth-order valence-electron chi connectivity index (χ4n) is 4.41. The molecule has 8 heteroatoms. The summed E-state index contributed by atoms with van der Waals surface area (Å²) >= 11 is 0. The lowest BCUT2D eigenvalue weighted by atomic mass is 10.1. The Morgan fingerprint density at radius 2 is 1.73 bits per heavy atom. The van der Waals surface area contributed by atoms with Gasteiger partial charge in [0.05, 0.1) is 23.8 Å². The first-order valence-corrected chi connectivity index (χ1v) is 12.3. The average Bonchev–Trinajstić information content (AvgIpc) is 3.48. The van der Waals surface area contributed by atoms with Gasteiger partial charge in [0.2, 0.25) is 0 Å². The maximum absolute atomic E-state index is 12.9. The van der Waals surface area contributed by atoms with Crippen molar-refractivity contribution in [1.82, 2.24) is 4.90 Å². The van der Waals surface area contributed by atoms with Gasteiger partial charge in [-0.15, -0.1) is 0 Å². The molecular weight excluding hydrogens is 472 g/mol. The standard InChI is InChI=1S/C29H28N2O6/c1-18-8-9-21(13-19(18)2)36-17-27(32)30-20-5-3-6-22(14-20)37-23-10-11-25-26(15-23)29(34)31(28(25)33)16-24-7-4-12-35-24/h3,5-6,8-11,13-15,24H,4,7,12,16-17H2,1-2H3,(H,30,32). The van der Waals surface area contributed by atoms with Crippen LogP contribution in [0.1, 0.15) is 44.7 Å². The fourth-order valence-corrected chi connectivity index (χ4v) is 4.41. The molecule has 8 nitrogen and oxygen atoms in total. The molecule has 1 N–H and O–H groups in total. The number of hydrogen-bond acceptors (Lipinski definition) is 6. The first-order valence-electron chi connectivity index (χ1n) is 12.3. The maximum Gasteiger partial charge on any atom is 0.262 e. The van der Waals surface area contributed by atoms with Crippen LogP contribution in [-0.4, -0.2) is 48.5 Å². The van der Waals surface area contributed by atoms with Gasteiger partial charge in [-0.1, -0.05) is 12.1 Å². The molecule has 0 spiro atoms. The summed E-state index contributed by atoms with van der Waals surface area (Å²) in [4.78, 5) is 39.3. The third-order valence-corrected chi connectivity index (χ3v) is 6.55. The molecule has 190 valence electrons. The summed E-state index contributed by atoms with van der Waals surface area (Å²) in [5.74, 6) is 0.569. The van der Waals surface area contributed by atoms with Crippen LogP contribution in [0, 0.1) is 13.8 Å². The Kier molecular flexibility index (Phi) is 6.92. The Hall–Kier alpha value is -4.17. The Morgan fingerprint density at radius 3 is 2.51 bits per heavy atom. The predicted molar refractivity (Wildman–Crippen MR) is 137 cm³/mol. The molecular formula is C29H28N2O6. The first kappa shape index (κ1) is 24.5. The van der Waals surface area contributed by atoms with Crippen LogP contribution < -0.4 is 14.8 Å². The number of carbonyl (C=O) groups excluding carboxylic acids is 3. The molecule has 1 fully saturated rings. The highest BCUT2D eigenvalue weighted by atomic mass is 16.5. The minimum absolute atomic E-state index is 0.109. The van der Waals surface area contributed by atoms with Crippen LogP contribution in [0.15, 0.2) is 60.7 Å². The number of ether oxygens (including phenoxy) is 3. The van der Waals surface area contributed by atoms with E-state index in [0.717, 1.165) is 24.0 Å². The lowest BCUT2D eigenvalue weighted by Crippen LogP contribution is -2.36. The van der Waals surface area contributed by atoms with E-state index in [2.05, 4.69) is 5.32 Å². The van der Waals surface area contributed by atoms with Gasteiger partial charge < -0.3 is 19.5 Å². The van der Waals surface area contributed by atoms with Gasteiger partial charge >= 0.3 is 0 Å². The van der Waals surface area contributed by atoms with E-state index in [-0.39, 0.29) is 37.0 Å². The Balaban J connectivity index is 1.21. The molecule has 0 radical (unpaired) electrons. The molecule has 2 aliphatic heterocycles. The van der Waals surface area contributed by atoms with Gasteiger partial charge in [-0.2, -0.15) is 0 Å². The minimum Gasteiger partial charge on any atom is -0.484 e. The smallest absolute Gasteiger partial charge is 0.262 e. The van der Waals surface area contributed by atoms with Gasteiger partial charge in [0, 0.05) is 18.4 Å². The first-order chi connectivity index (χ1) is 17.9. The van der Waals surface area contributed by atoms with Crippen molar-refractivity contribution >= 4 is 23.4 Å². The molecule has 0 saturated carbocycles. The molecule has 37 heavy (non-hydrogen) atoms. The van der Waals surface area contributed by atoms with E-state index in [0.29, 0.717) is 40.7 Å². The van der Waals surface area contributed by atoms with Gasteiger partial charge in [-0.05, 0) is 80.3 Å².